The Morgan fingerprint density at radius 2 is 1.95 bits per heavy atom. The van der Waals surface area contributed by atoms with Crippen LogP contribution in [-0.2, 0) is 14.3 Å². The van der Waals surface area contributed by atoms with Crippen LogP contribution in [-0.4, -0.2) is 23.8 Å². The van der Waals surface area contributed by atoms with Gasteiger partial charge in [0.1, 0.15) is 6.29 Å². The average Bonchev–Trinajstić information content (AvgIpc) is 2.87. The number of ether oxygens (including phenoxy) is 2. The molecule has 1 unspecified atom stereocenters. The zero-order valence-corrected chi connectivity index (χ0v) is 15.0. The van der Waals surface area contributed by atoms with Crippen LogP contribution in [0.5, 0.6) is 0 Å². The fourth-order valence-electron chi connectivity index (χ4n) is 4.23. The van der Waals surface area contributed by atoms with E-state index in [1.54, 1.807) is 0 Å². The number of carbonyl (C=O) groups is 1. The number of carbonyl (C=O) groups excluding carboxylic acids is 1. The quantitative estimate of drug-likeness (QED) is 0.559. The number of hydrogen-bond donors (Lipinski definition) is 0. The Morgan fingerprint density at radius 1 is 1.32 bits per heavy atom. The topological polar surface area (TPSA) is 35.5 Å². The predicted octanol–water partition coefficient (Wildman–Crippen LogP) is 4.36. The van der Waals surface area contributed by atoms with Crippen molar-refractivity contribution in [3.8, 4) is 0 Å². The summed E-state index contributed by atoms with van der Waals surface area (Å²) in [5.74, 6) is 0.557. The lowest BCUT2D eigenvalue weighted by molar-refractivity contribution is -0.173. The summed E-state index contributed by atoms with van der Waals surface area (Å²) < 4.78 is 12.6. The summed E-state index contributed by atoms with van der Waals surface area (Å²) >= 11 is 0. The van der Waals surface area contributed by atoms with Crippen molar-refractivity contribution in [3.05, 3.63) is 12.2 Å². The highest BCUT2D eigenvalue weighted by Crippen LogP contribution is 2.51. The van der Waals surface area contributed by atoms with Crippen molar-refractivity contribution in [3.63, 3.8) is 0 Å². The first-order valence-corrected chi connectivity index (χ1v) is 8.61. The Labute approximate surface area is 135 Å². The Bertz CT molecular complexity index is 440. The highest BCUT2D eigenvalue weighted by atomic mass is 16.8. The number of hydrogen-bond acceptors (Lipinski definition) is 3. The Hall–Kier alpha value is -0.670. The predicted molar refractivity (Wildman–Crippen MR) is 88.5 cm³/mol. The standard InChI is InChI=1S/C19H32O3/c1-12(2)14(4)10-17-19(7,22-18(5,6)21-17)16-9-8-13(3)15(16)11-20/h11-13,15-17H,4,8-10H2,1-3,5-7H3/t13-,15-,16-,17-,19?/m0/s1. The van der Waals surface area contributed by atoms with Crippen molar-refractivity contribution < 1.29 is 14.3 Å². The second kappa shape index (κ2) is 6.09. The van der Waals surface area contributed by atoms with Gasteiger partial charge in [-0.05, 0) is 51.9 Å². The van der Waals surface area contributed by atoms with Crippen LogP contribution in [0.3, 0.4) is 0 Å². The molecule has 126 valence electrons. The van der Waals surface area contributed by atoms with E-state index in [0.29, 0.717) is 11.8 Å². The van der Waals surface area contributed by atoms with Crippen LogP contribution in [0.4, 0.5) is 0 Å². The SMILES string of the molecule is C=C(C[C@@H]1OC(C)(C)OC1(C)[C@H]1CC[C@H](C)[C@@H]1C=O)C(C)C. The first kappa shape index (κ1) is 17.7. The third kappa shape index (κ3) is 3.16. The van der Waals surface area contributed by atoms with Gasteiger partial charge < -0.3 is 14.3 Å². The molecular weight excluding hydrogens is 276 g/mol. The van der Waals surface area contributed by atoms with E-state index in [1.807, 2.05) is 13.8 Å². The zero-order valence-electron chi connectivity index (χ0n) is 15.0. The summed E-state index contributed by atoms with van der Waals surface area (Å²) in [6.07, 6.45) is 4.02. The van der Waals surface area contributed by atoms with E-state index in [-0.39, 0.29) is 17.9 Å². The van der Waals surface area contributed by atoms with Gasteiger partial charge in [0.25, 0.3) is 0 Å². The Kier molecular flexibility index (Phi) is 4.89. The molecule has 2 aliphatic rings. The molecular formula is C19H32O3. The fraction of sp³-hybridized carbons (Fsp3) is 0.842. The van der Waals surface area contributed by atoms with Gasteiger partial charge in [-0.1, -0.05) is 32.9 Å². The molecule has 0 aromatic rings. The van der Waals surface area contributed by atoms with Gasteiger partial charge in [0.15, 0.2) is 5.79 Å². The van der Waals surface area contributed by atoms with Crippen molar-refractivity contribution >= 4 is 6.29 Å². The molecule has 2 rings (SSSR count). The van der Waals surface area contributed by atoms with Gasteiger partial charge in [-0.15, -0.1) is 0 Å². The second-order valence-corrected chi connectivity index (χ2v) is 8.18. The van der Waals surface area contributed by atoms with E-state index in [4.69, 9.17) is 9.47 Å². The molecule has 0 spiro atoms. The average molecular weight is 308 g/mol. The lowest BCUT2D eigenvalue weighted by Crippen LogP contribution is -2.47. The molecule has 3 nitrogen and oxygen atoms in total. The molecule has 5 atom stereocenters. The minimum atomic E-state index is -0.601. The van der Waals surface area contributed by atoms with Crippen molar-refractivity contribution in [2.75, 3.05) is 0 Å². The molecule has 0 aromatic carbocycles. The van der Waals surface area contributed by atoms with E-state index in [2.05, 4.69) is 34.3 Å². The van der Waals surface area contributed by atoms with Crippen molar-refractivity contribution in [1.29, 1.82) is 0 Å². The monoisotopic (exact) mass is 308 g/mol. The lowest BCUT2D eigenvalue weighted by Gasteiger charge is -2.38. The summed E-state index contributed by atoms with van der Waals surface area (Å²) in [6.45, 7) is 16.8. The maximum absolute atomic E-state index is 11.6. The summed E-state index contributed by atoms with van der Waals surface area (Å²) in [4.78, 5) is 11.6. The van der Waals surface area contributed by atoms with Crippen molar-refractivity contribution in [2.45, 2.75) is 78.3 Å². The van der Waals surface area contributed by atoms with Gasteiger partial charge in [0.05, 0.1) is 11.7 Å². The van der Waals surface area contributed by atoms with E-state index in [9.17, 15) is 4.79 Å². The molecule has 0 aromatic heterocycles. The van der Waals surface area contributed by atoms with Crippen LogP contribution in [0, 0.1) is 23.7 Å². The maximum atomic E-state index is 11.6. The minimum Gasteiger partial charge on any atom is -0.344 e. The van der Waals surface area contributed by atoms with Crippen LogP contribution in [0.2, 0.25) is 0 Å². The van der Waals surface area contributed by atoms with Gasteiger partial charge in [0, 0.05) is 11.8 Å². The summed E-state index contributed by atoms with van der Waals surface area (Å²) in [5, 5.41) is 0. The zero-order chi connectivity index (χ0) is 16.7. The van der Waals surface area contributed by atoms with E-state index >= 15 is 0 Å². The number of rotatable bonds is 5. The first-order chi connectivity index (χ1) is 10.1. The van der Waals surface area contributed by atoms with Crippen LogP contribution in [0.1, 0.15) is 60.8 Å². The van der Waals surface area contributed by atoms with Crippen molar-refractivity contribution in [1.82, 2.24) is 0 Å². The Morgan fingerprint density at radius 3 is 2.50 bits per heavy atom. The first-order valence-electron chi connectivity index (χ1n) is 8.61. The highest BCUT2D eigenvalue weighted by molar-refractivity contribution is 5.55. The Balaban J connectivity index is 2.27. The van der Waals surface area contributed by atoms with Crippen LogP contribution in [0.15, 0.2) is 12.2 Å². The molecule has 1 saturated heterocycles. The maximum Gasteiger partial charge on any atom is 0.164 e. The summed E-state index contributed by atoms with van der Waals surface area (Å²) in [6, 6.07) is 0. The van der Waals surface area contributed by atoms with Gasteiger partial charge in [0.2, 0.25) is 0 Å². The molecule has 1 heterocycles. The van der Waals surface area contributed by atoms with Crippen LogP contribution in [0.25, 0.3) is 0 Å². The molecule has 2 fully saturated rings. The normalized spacial score (nSPS) is 41.0. The van der Waals surface area contributed by atoms with Crippen molar-refractivity contribution in [2.24, 2.45) is 23.7 Å². The lowest BCUT2D eigenvalue weighted by atomic mass is 9.75. The molecule has 1 aliphatic heterocycles. The summed E-state index contributed by atoms with van der Waals surface area (Å²) in [7, 11) is 0. The molecule has 0 radical (unpaired) electrons. The van der Waals surface area contributed by atoms with Crippen LogP contribution < -0.4 is 0 Å². The summed E-state index contributed by atoms with van der Waals surface area (Å²) in [5.41, 5.74) is 0.767. The molecule has 1 saturated carbocycles. The van der Waals surface area contributed by atoms with Gasteiger partial charge in [-0.2, -0.15) is 0 Å². The molecule has 0 bridgehead atoms. The highest BCUT2D eigenvalue weighted by Gasteiger charge is 2.57. The van der Waals surface area contributed by atoms with Gasteiger partial charge >= 0.3 is 0 Å². The fourth-order valence-corrected chi connectivity index (χ4v) is 4.23. The third-order valence-electron chi connectivity index (χ3n) is 5.74. The van der Waals surface area contributed by atoms with E-state index in [1.165, 1.54) is 5.57 Å². The van der Waals surface area contributed by atoms with E-state index in [0.717, 1.165) is 25.5 Å². The largest absolute Gasteiger partial charge is 0.344 e. The molecule has 1 aliphatic carbocycles. The molecule has 3 heteroatoms. The van der Waals surface area contributed by atoms with Gasteiger partial charge in [-0.25, -0.2) is 0 Å². The van der Waals surface area contributed by atoms with Gasteiger partial charge in [-0.3, -0.25) is 0 Å². The van der Waals surface area contributed by atoms with Crippen LogP contribution >= 0.6 is 0 Å². The molecule has 0 N–H and O–H groups in total. The smallest absolute Gasteiger partial charge is 0.164 e. The second-order valence-electron chi connectivity index (χ2n) is 8.18. The third-order valence-corrected chi connectivity index (χ3v) is 5.74. The minimum absolute atomic E-state index is 0.0323. The molecule has 0 amide bonds. The molecule has 22 heavy (non-hydrogen) atoms. The number of aldehydes is 1. The van der Waals surface area contributed by atoms with E-state index < -0.39 is 11.4 Å².